The van der Waals surface area contributed by atoms with Crippen LogP contribution in [0.5, 0.6) is 5.75 Å². The second-order valence-corrected chi connectivity index (χ2v) is 3.48. The van der Waals surface area contributed by atoms with E-state index in [1.165, 1.54) is 5.56 Å². The molecule has 0 saturated carbocycles. The van der Waals surface area contributed by atoms with Crippen molar-refractivity contribution < 1.29 is 5.11 Å². The number of phenolic OH excluding ortho intramolecular Hbond substituents is 1. The van der Waals surface area contributed by atoms with Gasteiger partial charge >= 0.3 is 0 Å². The standard InChI is InChI=1S/C11H17NO/c1-3-10(12)7-9-4-5-11(13)6-8(9)2/h4-6,10,13H,3,7,12H2,1-2H3. The number of benzene rings is 1. The van der Waals surface area contributed by atoms with Crippen LogP contribution in [-0.4, -0.2) is 11.1 Å². The van der Waals surface area contributed by atoms with Gasteiger partial charge in [-0.2, -0.15) is 0 Å². The number of phenols is 1. The normalized spacial score (nSPS) is 12.8. The summed E-state index contributed by atoms with van der Waals surface area (Å²) in [7, 11) is 0. The van der Waals surface area contributed by atoms with Gasteiger partial charge in [-0.3, -0.25) is 0 Å². The maximum absolute atomic E-state index is 9.20. The first-order valence-electron chi connectivity index (χ1n) is 4.67. The molecular weight excluding hydrogens is 162 g/mol. The molecule has 1 aromatic rings. The molecule has 0 spiro atoms. The highest BCUT2D eigenvalue weighted by Gasteiger charge is 2.04. The van der Waals surface area contributed by atoms with Gasteiger partial charge in [-0.25, -0.2) is 0 Å². The third-order valence-electron chi connectivity index (χ3n) is 2.33. The van der Waals surface area contributed by atoms with E-state index in [2.05, 4.69) is 6.92 Å². The maximum Gasteiger partial charge on any atom is 0.115 e. The lowest BCUT2D eigenvalue weighted by Crippen LogP contribution is -2.21. The van der Waals surface area contributed by atoms with E-state index < -0.39 is 0 Å². The molecule has 0 fully saturated rings. The van der Waals surface area contributed by atoms with Crippen LogP contribution in [0.15, 0.2) is 18.2 Å². The van der Waals surface area contributed by atoms with Crippen molar-refractivity contribution in [3.63, 3.8) is 0 Å². The quantitative estimate of drug-likeness (QED) is 0.745. The van der Waals surface area contributed by atoms with Crippen LogP contribution in [0.25, 0.3) is 0 Å². The number of rotatable bonds is 3. The molecule has 13 heavy (non-hydrogen) atoms. The van der Waals surface area contributed by atoms with Gasteiger partial charge in [0.05, 0.1) is 0 Å². The molecule has 0 aliphatic heterocycles. The Balaban J connectivity index is 2.77. The number of hydrogen-bond acceptors (Lipinski definition) is 2. The zero-order valence-corrected chi connectivity index (χ0v) is 8.25. The molecule has 2 heteroatoms. The summed E-state index contributed by atoms with van der Waals surface area (Å²) in [5.41, 5.74) is 8.19. The van der Waals surface area contributed by atoms with E-state index in [4.69, 9.17) is 5.73 Å². The summed E-state index contributed by atoms with van der Waals surface area (Å²) in [4.78, 5) is 0. The second-order valence-electron chi connectivity index (χ2n) is 3.48. The molecular formula is C11H17NO. The largest absolute Gasteiger partial charge is 0.508 e. The van der Waals surface area contributed by atoms with Crippen molar-refractivity contribution in [2.75, 3.05) is 0 Å². The highest BCUT2D eigenvalue weighted by molar-refractivity contribution is 5.34. The Kier molecular flexibility index (Phi) is 3.32. The SMILES string of the molecule is CCC(N)Cc1ccc(O)cc1C. The smallest absolute Gasteiger partial charge is 0.115 e. The Bertz CT molecular complexity index is 283. The Morgan fingerprint density at radius 2 is 2.15 bits per heavy atom. The van der Waals surface area contributed by atoms with Crippen molar-refractivity contribution in [3.8, 4) is 5.75 Å². The third-order valence-corrected chi connectivity index (χ3v) is 2.33. The van der Waals surface area contributed by atoms with Gasteiger partial charge in [0.2, 0.25) is 0 Å². The summed E-state index contributed by atoms with van der Waals surface area (Å²) in [6.07, 6.45) is 1.88. The maximum atomic E-state index is 9.20. The number of nitrogens with two attached hydrogens (primary N) is 1. The second kappa shape index (κ2) is 4.28. The van der Waals surface area contributed by atoms with Crippen molar-refractivity contribution in [2.45, 2.75) is 32.7 Å². The van der Waals surface area contributed by atoms with Crippen LogP contribution < -0.4 is 5.73 Å². The van der Waals surface area contributed by atoms with E-state index in [9.17, 15) is 5.11 Å². The topological polar surface area (TPSA) is 46.2 Å². The summed E-state index contributed by atoms with van der Waals surface area (Å²) in [6, 6.07) is 5.66. The summed E-state index contributed by atoms with van der Waals surface area (Å²) >= 11 is 0. The van der Waals surface area contributed by atoms with Gasteiger partial charge in [0.15, 0.2) is 0 Å². The minimum absolute atomic E-state index is 0.225. The predicted molar refractivity (Wildman–Crippen MR) is 54.8 cm³/mol. The van der Waals surface area contributed by atoms with Crippen LogP contribution in [-0.2, 0) is 6.42 Å². The van der Waals surface area contributed by atoms with E-state index in [-0.39, 0.29) is 6.04 Å². The first-order chi connectivity index (χ1) is 6.13. The predicted octanol–water partition coefficient (Wildman–Crippen LogP) is 1.98. The van der Waals surface area contributed by atoms with E-state index in [0.29, 0.717) is 5.75 Å². The van der Waals surface area contributed by atoms with Gasteiger partial charge in [0.25, 0.3) is 0 Å². The van der Waals surface area contributed by atoms with Gasteiger partial charge in [0, 0.05) is 6.04 Å². The van der Waals surface area contributed by atoms with Crippen LogP contribution >= 0.6 is 0 Å². The average molecular weight is 179 g/mol. The Hall–Kier alpha value is -1.02. The molecule has 0 aliphatic carbocycles. The van der Waals surface area contributed by atoms with E-state index in [1.54, 1.807) is 12.1 Å². The lowest BCUT2D eigenvalue weighted by Gasteiger charge is -2.11. The molecule has 0 heterocycles. The highest BCUT2D eigenvalue weighted by Crippen LogP contribution is 2.17. The van der Waals surface area contributed by atoms with Crippen LogP contribution in [0, 0.1) is 6.92 Å². The fourth-order valence-electron chi connectivity index (χ4n) is 1.34. The summed E-state index contributed by atoms with van der Waals surface area (Å²) < 4.78 is 0. The average Bonchev–Trinajstić information content (AvgIpc) is 2.09. The Morgan fingerprint density at radius 1 is 1.46 bits per heavy atom. The van der Waals surface area contributed by atoms with Crippen LogP contribution in [0.1, 0.15) is 24.5 Å². The van der Waals surface area contributed by atoms with Gasteiger partial charge in [-0.15, -0.1) is 0 Å². The molecule has 3 N–H and O–H groups in total. The minimum Gasteiger partial charge on any atom is -0.508 e. The molecule has 0 radical (unpaired) electrons. The molecule has 0 amide bonds. The molecule has 1 unspecified atom stereocenters. The van der Waals surface area contributed by atoms with Crippen molar-refractivity contribution in [1.29, 1.82) is 0 Å². The van der Waals surface area contributed by atoms with Crippen molar-refractivity contribution in [2.24, 2.45) is 5.73 Å². The van der Waals surface area contributed by atoms with E-state index in [0.717, 1.165) is 18.4 Å². The molecule has 0 saturated heterocycles. The molecule has 0 aromatic heterocycles. The fourth-order valence-corrected chi connectivity index (χ4v) is 1.34. The van der Waals surface area contributed by atoms with Gasteiger partial charge < -0.3 is 10.8 Å². The van der Waals surface area contributed by atoms with Crippen LogP contribution in [0.3, 0.4) is 0 Å². The molecule has 1 atom stereocenters. The Labute approximate surface area is 79.4 Å². The van der Waals surface area contributed by atoms with Crippen molar-refractivity contribution >= 4 is 0 Å². The molecule has 1 rings (SSSR count). The molecule has 72 valence electrons. The van der Waals surface area contributed by atoms with Crippen molar-refractivity contribution in [1.82, 2.24) is 0 Å². The lowest BCUT2D eigenvalue weighted by atomic mass is 10.00. The van der Waals surface area contributed by atoms with Crippen molar-refractivity contribution in [3.05, 3.63) is 29.3 Å². The molecule has 1 aromatic carbocycles. The highest BCUT2D eigenvalue weighted by atomic mass is 16.3. The summed E-state index contributed by atoms with van der Waals surface area (Å²) in [6.45, 7) is 4.08. The molecule has 0 bridgehead atoms. The van der Waals surface area contributed by atoms with E-state index >= 15 is 0 Å². The number of aryl methyl sites for hydroxylation is 1. The van der Waals surface area contributed by atoms with Gasteiger partial charge in [-0.05, 0) is 43.0 Å². The molecule has 2 nitrogen and oxygen atoms in total. The van der Waals surface area contributed by atoms with Gasteiger partial charge in [-0.1, -0.05) is 13.0 Å². The zero-order valence-electron chi connectivity index (χ0n) is 8.25. The van der Waals surface area contributed by atoms with Gasteiger partial charge in [0.1, 0.15) is 5.75 Å². The summed E-state index contributed by atoms with van der Waals surface area (Å²) in [5, 5.41) is 9.20. The number of aromatic hydroxyl groups is 1. The molecule has 0 aliphatic rings. The zero-order chi connectivity index (χ0) is 9.84. The first kappa shape index (κ1) is 10.1. The lowest BCUT2D eigenvalue weighted by molar-refractivity contribution is 0.474. The first-order valence-corrected chi connectivity index (χ1v) is 4.67. The Morgan fingerprint density at radius 3 is 2.69 bits per heavy atom. The fraction of sp³-hybridized carbons (Fsp3) is 0.455. The minimum atomic E-state index is 0.225. The third kappa shape index (κ3) is 2.74. The summed E-state index contributed by atoms with van der Waals surface area (Å²) in [5.74, 6) is 0.325. The van der Waals surface area contributed by atoms with Crippen LogP contribution in [0.4, 0.5) is 0 Å². The van der Waals surface area contributed by atoms with Crippen LogP contribution in [0.2, 0.25) is 0 Å². The van der Waals surface area contributed by atoms with E-state index in [1.807, 2.05) is 13.0 Å². The number of hydrogen-bond donors (Lipinski definition) is 2. The monoisotopic (exact) mass is 179 g/mol.